The second-order valence-electron chi connectivity index (χ2n) is 9.22. The fourth-order valence-corrected chi connectivity index (χ4v) is 8.86. The van der Waals surface area contributed by atoms with Crippen LogP contribution in [0.3, 0.4) is 0 Å². The van der Waals surface area contributed by atoms with E-state index < -0.39 is 8.32 Å². The van der Waals surface area contributed by atoms with Crippen LogP contribution >= 0.6 is 0 Å². The molecule has 4 aromatic rings. The highest BCUT2D eigenvalue weighted by atomic mass is 28.4. The van der Waals surface area contributed by atoms with E-state index in [0.29, 0.717) is 0 Å². The molecule has 0 aliphatic heterocycles. The third kappa shape index (κ3) is 4.34. The van der Waals surface area contributed by atoms with Gasteiger partial charge < -0.3 is 9.53 Å². The minimum Gasteiger partial charge on any atom is -0.534 e. The van der Waals surface area contributed by atoms with Crippen molar-refractivity contribution < 1.29 is 9.53 Å². The summed E-state index contributed by atoms with van der Waals surface area (Å²) in [6.07, 6.45) is 0.745. The number of phenolic OH excluding ortho intramolecular Hbond substituents is 1. The van der Waals surface area contributed by atoms with E-state index in [9.17, 15) is 5.11 Å². The maximum Gasteiger partial charge on any atom is 0.319 e. The molecule has 0 saturated heterocycles. The molecule has 2 nitrogen and oxygen atoms in total. The molecule has 162 valence electrons. The molecule has 0 aliphatic rings. The lowest BCUT2D eigenvalue weighted by molar-refractivity contribution is 0.475. The third-order valence-electron chi connectivity index (χ3n) is 5.98. The number of phenols is 1. The number of hydrogen-bond donors (Lipinski definition) is 1. The maximum absolute atomic E-state index is 9.65. The monoisotopic (exact) mass is 438 g/mol. The van der Waals surface area contributed by atoms with E-state index in [2.05, 4.69) is 99.6 Å². The highest BCUT2D eigenvalue weighted by Crippen LogP contribution is 2.38. The van der Waals surface area contributed by atoms with Crippen molar-refractivity contribution in [3.8, 4) is 11.5 Å². The van der Waals surface area contributed by atoms with Crippen LogP contribution in [-0.4, -0.2) is 13.4 Å². The Morgan fingerprint density at radius 2 is 1.16 bits per heavy atom. The molecular formula is C29H30O2Si. The molecule has 0 aromatic heterocycles. The van der Waals surface area contributed by atoms with E-state index >= 15 is 0 Å². The number of para-hydroxylation sites is 1. The molecule has 0 radical (unpaired) electrons. The van der Waals surface area contributed by atoms with Gasteiger partial charge in [0.1, 0.15) is 11.5 Å². The van der Waals surface area contributed by atoms with Crippen molar-refractivity contribution in [2.24, 2.45) is 0 Å². The van der Waals surface area contributed by atoms with Crippen LogP contribution in [0.1, 0.15) is 31.9 Å². The average Bonchev–Trinajstić information content (AvgIpc) is 2.80. The van der Waals surface area contributed by atoms with Gasteiger partial charge in [-0.3, -0.25) is 0 Å². The smallest absolute Gasteiger partial charge is 0.319 e. The van der Waals surface area contributed by atoms with E-state index in [1.807, 2.05) is 18.2 Å². The molecule has 3 heteroatoms. The largest absolute Gasteiger partial charge is 0.534 e. The second-order valence-corrected chi connectivity index (χ2v) is 13.4. The zero-order valence-electron chi connectivity index (χ0n) is 19.0. The van der Waals surface area contributed by atoms with E-state index in [-0.39, 0.29) is 10.8 Å². The lowest BCUT2D eigenvalue weighted by Gasteiger charge is -2.43. The highest BCUT2D eigenvalue weighted by Gasteiger charge is 2.52. The van der Waals surface area contributed by atoms with Crippen LogP contribution in [0, 0.1) is 0 Å². The van der Waals surface area contributed by atoms with Crippen LogP contribution in [0.2, 0.25) is 5.04 Å². The van der Waals surface area contributed by atoms with Crippen LogP contribution in [0.5, 0.6) is 11.5 Å². The normalized spacial score (nSPS) is 11.8. The van der Waals surface area contributed by atoms with E-state index in [0.717, 1.165) is 23.3 Å². The summed E-state index contributed by atoms with van der Waals surface area (Å²) in [6.45, 7) is 6.88. The van der Waals surface area contributed by atoms with Crippen molar-refractivity contribution in [3.05, 3.63) is 120 Å². The van der Waals surface area contributed by atoms with Gasteiger partial charge in [0.2, 0.25) is 0 Å². The van der Waals surface area contributed by atoms with E-state index in [4.69, 9.17) is 4.43 Å². The first-order valence-corrected chi connectivity index (χ1v) is 13.0. The van der Waals surface area contributed by atoms with Gasteiger partial charge in [-0.1, -0.05) is 112 Å². The Morgan fingerprint density at radius 1 is 0.656 bits per heavy atom. The van der Waals surface area contributed by atoms with Crippen LogP contribution in [0.15, 0.2) is 109 Å². The fraction of sp³-hybridized carbons (Fsp3) is 0.172. The Labute approximate surface area is 192 Å². The quantitative estimate of drug-likeness (QED) is 0.379. The van der Waals surface area contributed by atoms with E-state index in [1.165, 1.54) is 10.4 Å². The minimum absolute atomic E-state index is 0.0959. The Balaban J connectivity index is 1.85. The zero-order valence-corrected chi connectivity index (χ0v) is 20.0. The van der Waals surface area contributed by atoms with Gasteiger partial charge in [-0.15, -0.1) is 0 Å². The number of benzene rings is 4. The summed E-state index contributed by atoms with van der Waals surface area (Å²) in [5.74, 6) is 1.21. The van der Waals surface area contributed by atoms with E-state index in [1.54, 1.807) is 12.1 Å². The maximum atomic E-state index is 9.65. The molecule has 0 saturated carbocycles. The average molecular weight is 439 g/mol. The lowest BCUT2D eigenvalue weighted by atomic mass is 10.0. The van der Waals surface area contributed by atoms with Gasteiger partial charge in [0, 0.05) is 6.42 Å². The van der Waals surface area contributed by atoms with Crippen molar-refractivity contribution in [3.63, 3.8) is 0 Å². The summed E-state index contributed by atoms with van der Waals surface area (Å²) >= 11 is 0. The van der Waals surface area contributed by atoms with Crippen molar-refractivity contribution in [2.45, 2.75) is 32.2 Å². The number of rotatable bonds is 6. The SMILES string of the molecule is CC(C)(C)[Si](Oc1ccccc1Cc1ccc(O)cc1)(c1ccccc1)c1ccccc1. The lowest BCUT2D eigenvalue weighted by Crippen LogP contribution is -2.68. The summed E-state index contributed by atoms with van der Waals surface area (Å²) in [6, 6.07) is 37.2. The van der Waals surface area contributed by atoms with Crippen molar-refractivity contribution in [2.75, 3.05) is 0 Å². The summed E-state index contributed by atoms with van der Waals surface area (Å²) in [4.78, 5) is 0. The fourth-order valence-electron chi connectivity index (χ4n) is 4.40. The van der Waals surface area contributed by atoms with Gasteiger partial charge in [0.15, 0.2) is 0 Å². The topological polar surface area (TPSA) is 29.5 Å². The molecule has 0 aliphatic carbocycles. The van der Waals surface area contributed by atoms with Gasteiger partial charge in [-0.05, 0) is 44.7 Å². The molecule has 0 unspecified atom stereocenters. The van der Waals surface area contributed by atoms with Crippen molar-refractivity contribution >= 4 is 18.7 Å². The summed E-state index contributed by atoms with van der Waals surface area (Å²) < 4.78 is 7.26. The van der Waals surface area contributed by atoms with Gasteiger partial charge in [0.05, 0.1) is 0 Å². The summed E-state index contributed by atoms with van der Waals surface area (Å²) in [5, 5.41) is 12.1. The Kier molecular flexibility index (Phi) is 6.20. The molecule has 4 aromatic carbocycles. The first kappa shape index (κ1) is 21.9. The molecule has 0 bridgehead atoms. The minimum atomic E-state index is -2.69. The van der Waals surface area contributed by atoms with Gasteiger partial charge in [0.25, 0.3) is 0 Å². The predicted molar refractivity (Wildman–Crippen MR) is 136 cm³/mol. The van der Waals surface area contributed by atoms with Crippen LogP contribution in [-0.2, 0) is 6.42 Å². The van der Waals surface area contributed by atoms with Crippen LogP contribution in [0.4, 0.5) is 0 Å². The number of hydrogen-bond acceptors (Lipinski definition) is 2. The first-order chi connectivity index (χ1) is 15.4. The van der Waals surface area contributed by atoms with Crippen LogP contribution in [0.25, 0.3) is 0 Å². The molecular weight excluding hydrogens is 408 g/mol. The van der Waals surface area contributed by atoms with Crippen molar-refractivity contribution in [1.82, 2.24) is 0 Å². The molecule has 0 spiro atoms. The van der Waals surface area contributed by atoms with Gasteiger partial charge in [-0.25, -0.2) is 0 Å². The van der Waals surface area contributed by atoms with Crippen molar-refractivity contribution in [1.29, 1.82) is 0 Å². The second kappa shape index (κ2) is 9.05. The van der Waals surface area contributed by atoms with Gasteiger partial charge in [-0.2, -0.15) is 0 Å². The summed E-state index contributed by atoms with van der Waals surface area (Å²) in [5.41, 5.74) is 2.28. The zero-order chi connectivity index (χ0) is 22.6. The Morgan fingerprint density at radius 3 is 1.69 bits per heavy atom. The predicted octanol–water partition coefficient (Wildman–Crippen LogP) is 5.92. The molecule has 0 heterocycles. The molecule has 0 amide bonds. The summed E-state index contributed by atoms with van der Waals surface area (Å²) in [7, 11) is -2.69. The molecule has 0 atom stereocenters. The molecule has 0 fully saturated rings. The first-order valence-electron chi connectivity index (χ1n) is 11.1. The Hall–Kier alpha value is -3.30. The third-order valence-corrected chi connectivity index (χ3v) is 10.9. The Bertz CT molecular complexity index is 1110. The standard InChI is InChI=1S/C29H30O2Si/c1-29(2,3)32(26-13-6-4-7-14-26,27-15-8-5-9-16-27)31-28-17-11-10-12-24(28)22-23-18-20-25(30)21-19-23/h4-21,30H,22H2,1-3H3. The molecule has 4 rings (SSSR count). The van der Waals surface area contributed by atoms with Gasteiger partial charge >= 0.3 is 8.32 Å². The van der Waals surface area contributed by atoms with Crippen LogP contribution < -0.4 is 14.8 Å². The number of aromatic hydroxyl groups is 1. The molecule has 1 N–H and O–H groups in total. The molecule has 32 heavy (non-hydrogen) atoms. The highest BCUT2D eigenvalue weighted by molar-refractivity contribution is 7.00.